The highest BCUT2D eigenvalue weighted by Gasteiger charge is 2.05. The van der Waals surface area contributed by atoms with Gasteiger partial charge in [-0.15, -0.1) is 6.58 Å². The summed E-state index contributed by atoms with van der Waals surface area (Å²) in [5.74, 6) is -0.494. The Kier molecular flexibility index (Phi) is 6.32. The van der Waals surface area contributed by atoms with Crippen LogP contribution < -0.4 is 0 Å². The van der Waals surface area contributed by atoms with Crippen LogP contribution in [0.25, 0.3) is 0 Å². The van der Waals surface area contributed by atoms with Crippen molar-refractivity contribution < 1.29 is 19.4 Å². The zero-order valence-electron chi connectivity index (χ0n) is 7.16. The molecular weight excluding hydrogens is 160 g/mol. The van der Waals surface area contributed by atoms with E-state index < -0.39 is 12.3 Å². The topological polar surface area (TPSA) is 55.8 Å². The highest BCUT2D eigenvalue weighted by Crippen LogP contribution is 1.95. The van der Waals surface area contributed by atoms with Gasteiger partial charge in [-0.25, -0.2) is 0 Å². The molecule has 4 nitrogen and oxygen atoms in total. The quantitative estimate of drug-likeness (QED) is 0.275. The van der Waals surface area contributed by atoms with Crippen molar-refractivity contribution in [1.82, 2.24) is 0 Å². The molecule has 0 aromatic rings. The van der Waals surface area contributed by atoms with Gasteiger partial charge in [0, 0.05) is 13.3 Å². The second-order valence-corrected chi connectivity index (χ2v) is 2.22. The van der Waals surface area contributed by atoms with Gasteiger partial charge < -0.3 is 14.6 Å². The molecule has 0 amide bonds. The molecule has 0 fully saturated rings. The Morgan fingerprint density at radius 2 is 2.42 bits per heavy atom. The summed E-state index contributed by atoms with van der Waals surface area (Å²) in [6.45, 7) is 5.48. The van der Waals surface area contributed by atoms with E-state index in [1.807, 2.05) is 0 Å². The summed E-state index contributed by atoms with van der Waals surface area (Å²) in [6, 6.07) is 0. The van der Waals surface area contributed by atoms with Crippen LogP contribution in [0.3, 0.4) is 0 Å². The molecule has 0 bridgehead atoms. The van der Waals surface area contributed by atoms with Crippen LogP contribution in [-0.2, 0) is 14.3 Å². The lowest BCUT2D eigenvalue weighted by Gasteiger charge is -2.09. The summed E-state index contributed by atoms with van der Waals surface area (Å²) in [7, 11) is 0. The molecule has 0 radical (unpaired) electrons. The average Bonchev–Trinajstić information content (AvgIpc) is 1.97. The van der Waals surface area contributed by atoms with Gasteiger partial charge in [-0.2, -0.15) is 0 Å². The zero-order chi connectivity index (χ0) is 9.40. The van der Waals surface area contributed by atoms with Crippen LogP contribution in [0, 0.1) is 0 Å². The van der Waals surface area contributed by atoms with Crippen molar-refractivity contribution >= 4 is 5.97 Å². The molecule has 0 aliphatic rings. The second kappa shape index (κ2) is 6.82. The molecule has 0 aliphatic carbocycles. The van der Waals surface area contributed by atoms with Gasteiger partial charge in [0.15, 0.2) is 0 Å². The number of aliphatic hydroxyl groups excluding tert-OH is 1. The normalized spacial score (nSPS) is 12.2. The van der Waals surface area contributed by atoms with Crippen LogP contribution in [0.5, 0.6) is 0 Å². The molecule has 0 saturated carbocycles. The van der Waals surface area contributed by atoms with Crippen LogP contribution in [-0.4, -0.2) is 30.6 Å². The van der Waals surface area contributed by atoms with Crippen molar-refractivity contribution in [2.45, 2.75) is 19.6 Å². The largest absolute Gasteiger partial charge is 0.436 e. The molecule has 4 heteroatoms. The highest BCUT2D eigenvalue weighted by molar-refractivity contribution is 5.65. The summed E-state index contributed by atoms with van der Waals surface area (Å²) in [5, 5.41) is 8.97. The molecule has 1 unspecified atom stereocenters. The van der Waals surface area contributed by atoms with Gasteiger partial charge in [-0.3, -0.25) is 4.79 Å². The number of rotatable bonds is 6. The lowest BCUT2D eigenvalue weighted by atomic mass is 10.4. The molecule has 1 N–H and O–H groups in total. The molecule has 0 aliphatic heterocycles. The fourth-order valence-corrected chi connectivity index (χ4v) is 0.601. The average molecular weight is 174 g/mol. The third kappa shape index (κ3) is 7.24. The number of carbonyl (C=O) groups excluding carboxylic acids is 1. The Morgan fingerprint density at radius 1 is 1.75 bits per heavy atom. The minimum absolute atomic E-state index is 0.285. The first-order chi connectivity index (χ1) is 5.66. The van der Waals surface area contributed by atoms with Crippen LogP contribution in [0.2, 0.25) is 0 Å². The van der Waals surface area contributed by atoms with E-state index in [1.165, 1.54) is 6.92 Å². The molecule has 0 rings (SSSR count). The molecular formula is C8H14O4. The Bertz CT molecular complexity index is 144. The number of ether oxygens (including phenoxy) is 2. The Morgan fingerprint density at radius 3 is 2.92 bits per heavy atom. The predicted octanol–water partition coefficient (Wildman–Crippen LogP) is 0.461. The molecule has 0 saturated heterocycles. The maximum atomic E-state index is 10.3. The van der Waals surface area contributed by atoms with Crippen LogP contribution in [0.4, 0.5) is 0 Å². The van der Waals surface area contributed by atoms with Crippen LogP contribution in [0.15, 0.2) is 12.7 Å². The molecule has 0 aromatic heterocycles. The molecule has 0 spiro atoms. The molecule has 1 atom stereocenters. The van der Waals surface area contributed by atoms with Crippen molar-refractivity contribution in [2.24, 2.45) is 0 Å². The minimum Gasteiger partial charge on any atom is -0.436 e. The number of aliphatic hydroxyl groups is 1. The van der Waals surface area contributed by atoms with Crippen molar-refractivity contribution in [2.75, 3.05) is 13.2 Å². The van der Waals surface area contributed by atoms with Gasteiger partial charge >= 0.3 is 5.97 Å². The first kappa shape index (κ1) is 11.1. The number of hydrogen-bond acceptors (Lipinski definition) is 4. The first-order valence-electron chi connectivity index (χ1n) is 3.70. The van der Waals surface area contributed by atoms with Crippen molar-refractivity contribution in [3.63, 3.8) is 0 Å². The van der Waals surface area contributed by atoms with Crippen molar-refractivity contribution in [3.8, 4) is 0 Å². The summed E-state index contributed by atoms with van der Waals surface area (Å²) in [5.41, 5.74) is 0. The van der Waals surface area contributed by atoms with Crippen LogP contribution >= 0.6 is 0 Å². The summed E-state index contributed by atoms with van der Waals surface area (Å²) in [4.78, 5) is 10.3. The van der Waals surface area contributed by atoms with Gasteiger partial charge in [0.1, 0.15) is 0 Å². The maximum Gasteiger partial charge on any atom is 0.304 e. The van der Waals surface area contributed by atoms with Gasteiger partial charge in [0.05, 0.1) is 13.2 Å². The van der Waals surface area contributed by atoms with E-state index in [-0.39, 0.29) is 6.42 Å². The maximum absolute atomic E-state index is 10.3. The zero-order valence-corrected chi connectivity index (χ0v) is 7.16. The van der Waals surface area contributed by atoms with Gasteiger partial charge in [0.25, 0.3) is 0 Å². The molecule has 70 valence electrons. The first-order valence-corrected chi connectivity index (χ1v) is 3.70. The lowest BCUT2D eigenvalue weighted by Crippen LogP contribution is -2.17. The highest BCUT2D eigenvalue weighted by atomic mass is 16.6. The van der Waals surface area contributed by atoms with Gasteiger partial charge in [-0.1, -0.05) is 6.08 Å². The Labute approximate surface area is 71.8 Å². The van der Waals surface area contributed by atoms with E-state index in [0.29, 0.717) is 13.2 Å². The molecule has 12 heavy (non-hydrogen) atoms. The van der Waals surface area contributed by atoms with Gasteiger partial charge in [-0.05, 0) is 0 Å². The fourth-order valence-electron chi connectivity index (χ4n) is 0.601. The Balaban J connectivity index is 3.24. The lowest BCUT2D eigenvalue weighted by molar-refractivity contribution is -0.167. The van der Waals surface area contributed by atoms with Crippen LogP contribution in [0.1, 0.15) is 13.3 Å². The van der Waals surface area contributed by atoms with Crippen molar-refractivity contribution in [1.29, 1.82) is 0 Å². The standard InChI is InChI=1S/C8H14O4/c1-3-5-11-6-4-8(10)12-7(2)9/h3,8,10H,1,4-6H2,2H3. The monoisotopic (exact) mass is 174 g/mol. The van der Waals surface area contributed by atoms with E-state index >= 15 is 0 Å². The third-order valence-corrected chi connectivity index (χ3v) is 1.05. The third-order valence-electron chi connectivity index (χ3n) is 1.05. The smallest absolute Gasteiger partial charge is 0.304 e. The second-order valence-electron chi connectivity index (χ2n) is 2.22. The van der Waals surface area contributed by atoms with E-state index in [2.05, 4.69) is 11.3 Å². The summed E-state index contributed by atoms with van der Waals surface area (Å²) >= 11 is 0. The van der Waals surface area contributed by atoms with E-state index in [1.54, 1.807) is 6.08 Å². The SMILES string of the molecule is C=CCOCCC(O)OC(C)=O. The van der Waals surface area contributed by atoms with E-state index in [4.69, 9.17) is 9.84 Å². The van der Waals surface area contributed by atoms with Crippen molar-refractivity contribution in [3.05, 3.63) is 12.7 Å². The number of hydrogen-bond donors (Lipinski definition) is 1. The van der Waals surface area contributed by atoms with Gasteiger partial charge in [0.2, 0.25) is 6.29 Å². The summed E-state index contributed by atoms with van der Waals surface area (Å²) < 4.78 is 9.41. The van der Waals surface area contributed by atoms with E-state index in [0.717, 1.165) is 0 Å². The fraction of sp³-hybridized carbons (Fsp3) is 0.625. The molecule has 0 aromatic carbocycles. The Hall–Kier alpha value is -0.870. The molecule has 0 heterocycles. The number of esters is 1. The minimum atomic E-state index is -1.06. The van der Waals surface area contributed by atoms with E-state index in [9.17, 15) is 4.79 Å². The summed E-state index contributed by atoms with van der Waals surface area (Å²) in [6.07, 6.45) is 0.832. The number of carbonyl (C=O) groups is 1. The predicted molar refractivity (Wildman–Crippen MR) is 43.4 cm³/mol.